The van der Waals surface area contributed by atoms with Gasteiger partial charge in [0, 0.05) is 72.2 Å². The topological polar surface area (TPSA) is 184 Å². The molecule has 1 aliphatic rings. The van der Waals surface area contributed by atoms with Crippen LogP contribution in [0.25, 0.3) is 22.3 Å². The number of unbranched alkanes of at least 4 members (excludes halogenated alkanes) is 1. The summed E-state index contributed by atoms with van der Waals surface area (Å²) in [5.74, 6) is -4.91. The van der Waals surface area contributed by atoms with Gasteiger partial charge in [0.1, 0.15) is 23.3 Å². The van der Waals surface area contributed by atoms with Gasteiger partial charge >= 0.3 is 0 Å². The molecule has 0 fully saturated rings. The summed E-state index contributed by atoms with van der Waals surface area (Å²) in [6.07, 6.45) is 1.25. The van der Waals surface area contributed by atoms with E-state index in [0.29, 0.717) is 47.5 Å². The van der Waals surface area contributed by atoms with Crippen LogP contribution in [-0.2, 0) is 30.4 Å². The number of nitrogens with two attached hydrogens (primary N) is 1. The molecule has 5 atom stereocenters. The molecule has 5 N–H and O–H groups in total. The summed E-state index contributed by atoms with van der Waals surface area (Å²) in [6, 6.07) is 21.2. The molecule has 12 heteroatoms. The third kappa shape index (κ3) is 11.1. The van der Waals surface area contributed by atoms with Crippen LogP contribution < -0.4 is 11.1 Å². The molecule has 4 bridgehead atoms. The van der Waals surface area contributed by atoms with Crippen molar-refractivity contribution in [2.45, 2.75) is 84.2 Å². The Labute approximate surface area is 356 Å². The van der Waals surface area contributed by atoms with Gasteiger partial charge in [-0.15, -0.1) is 0 Å². The minimum absolute atomic E-state index is 0.0304. The monoisotopic (exact) mass is 835 g/mol. The third-order valence-electron chi connectivity index (χ3n) is 11.4. The quantitative estimate of drug-likeness (QED) is 0.0685. The van der Waals surface area contributed by atoms with Crippen LogP contribution in [-0.4, -0.2) is 69.7 Å². The first kappa shape index (κ1) is 45.4. The molecular formula is C48H54ClN3O8. The van der Waals surface area contributed by atoms with Gasteiger partial charge < -0.3 is 26.2 Å². The summed E-state index contributed by atoms with van der Waals surface area (Å²) < 4.78 is 0. The third-order valence-corrected chi connectivity index (χ3v) is 11.7. The normalized spacial score (nSPS) is 17.8. The number of carbonyl (C=O) groups excluding carboxylic acids is 6. The molecule has 0 saturated heterocycles. The van der Waals surface area contributed by atoms with Crippen LogP contribution in [0.3, 0.4) is 0 Å². The highest BCUT2D eigenvalue weighted by molar-refractivity contribution is 6.30. The molecule has 1 aliphatic heterocycles. The Hall–Kier alpha value is -5.65. The van der Waals surface area contributed by atoms with E-state index in [1.807, 2.05) is 24.3 Å². The number of nitrogens with one attached hydrogen (secondary N) is 1. The van der Waals surface area contributed by atoms with E-state index in [2.05, 4.69) is 5.32 Å². The van der Waals surface area contributed by atoms with Crippen molar-refractivity contribution in [2.24, 2.45) is 23.5 Å². The number of carbonyl (C=O) groups is 6. The highest BCUT2D eigenvalue weighted by Gasteiger charge is 2.36. The van der Waals surface area contributed by atoms with Gasteiger partial charge in [-0.3, -0.25) is 28.8 Å². The summed E-state index contributed by atoms with van der Waals surface area (Å²) in [7, 11) is 1.48. The van der Waals surface area contributed by atoms with E-state index in [4.69, 9.17) is 17.3 Å². The van der Waals surface area contributed by atoms with Crippen LogP contribution in [0.2, 0.25) is 5.02 Å². The number of aromatic hydroxyl groups is 2. The number of nitrogens with zero attached hydrogens (tertiary/aromatic N) is 1. The number of halogens is 1. The molecule has 1 heterocycles. The SMILES string of the molecule is CCC(=O)[C@H](C)CC(=O)[C@@H]1Cc2ccc(O)c(c2)-c2cc(ccc2O)[C@H](N(C)C(=O)[C@H](CCCCN)CC(=O)c2ccc(-c3ccc(Cl)cc3)cc2)C(=O)C[C@@H](C)C(=O)N1. The summed E-state index contributed by atoms with van der Waals surface area (Å²) in [5.41, 5.74) is 9.33. The molecule has 5 rings (SSSR count). The maximum absolute atomic E-state index is 14.6. The van der Waals surface area contributed by atoms with Gasteiger partial charge in [0.05, 0.1) is 6.04 Å². The molecule has 0 unspecified atom stereocenters. The molecule has 316 valence electrons. The number of rotatable bonds is 15. The van der Waals surface area contributed by atoms with E-state index < -0.39 is 47.4 Å². The maximum Gasteiger partial charge on any atom is 0.226 e. The van der Waals surface area contributed by atoms with E-state index in [-0.39, 0.29) is 72.1 Å². The number of hydrogen-bond acceptors (Lipinski definition) is 9. The van der Waals surface area contributed by atoms with Gasteiger partial charge in [0.15, 0.2) is 17.3 Å². The van der Waals surface area contributed by atoms with Crippen LogP contribution in [0.1, 0.15) is 93.2 Å². The fourth-order valence-corrected chi connectivity index (χ4v) is 7.92. The molecular weight excluding hydrogens is 782 g/mol. The number of phenolic OH excluding ortho intramolecular Hbond substituents is 2. The van der Waals surface area contributed by atoms with Crippen molar-refractivity contribution >= 4 is 46.5 Å². The lowest BCUT2D eigenvalue weighted by Crippen LogP contribution is -2.46. The van der Waals surface area contributed by atoms with Gasteiger partial charge in [-0.05, 0) is 84.5 Å². The molecule has 0 saturated carbocycles. The largest absolute Gasteiger partial charge is 0.507 e. The van der Waals surface area contributed by atoms with Crippen molar-refractivity contribution in [1.29, 1.82) is 0 Å². The predicted molar refractivity (Wildman–Crippen MR) is 231 cm³/mol. The van der Waals surface area contributed by atoms with Crippen molar-refractivity contribution in [3.05, 3.63) is 107 Å². The Morgan fingerprint density at radius 3 is 2.10 bits per heavy atom. The van der Waals surface area contributed by atoms with Gasteiger partial charge in [-0.1, -0.05) is 87.3 Å². The zero-order valence-electron chi connectivity index (χ0n) is 34.6. The minimum Gasteiger partial charge on any atom is -0.507 e. The van der Waals surface area contributed by atoms with Crippen LogP contribution in [0, 0.1) is 17.8 Å². The van der Waals surface area contributed by atoms with E-state index in [9.17, 15) is 39.0 Å². The number of benzene rings is 4. The van der Waals surface area contributed by atoms with Crippen molar-refractivity contribution in [3.8, 4) is 33.8 Å². The van der Waals surface area contributed by atoms with E-state index in [1.165, 1.54) is 36.2 Å². The van der Waals surface area contributed by atoms with Gasteiger partial charge in [-0.25, -0.2) is 0 Å². The Balaban J connectivity index is 1.49. The van der Waals surface area contributed by atoms with Gasteiger partial charge in [0.2, 0.25) is 11.8 Å². The first-order chi connectivity index (χ1) is 28.6. The van der Waals surface area contributed by atoms with Crippen LogP contribution in [0.15, 0.2) is 84.9 Å². The fraction of sp³-hybridized carbons (Fsp3) is 0.375. The van der Waals surface area contributed by atoms with Gasteiger partial charge in [-0.2, -0.15) is 0 Å². The Morgan fingerprint density at radius 2 is 1.47 bits per heavy atom. The number of amides is 2. The summed E-state index contributed by atoms with van der Waals surface area (Å²) >= 11 is 6.05. The molecule has 4 aromatic rings. The van der Waals surface area contributed by atoms with Crippen molar-refractivity contribution in [2.75, 3.05) is 13.6 Å². The average Bonchev–Trinajstić information content (AvgIpc) is 3.23. The van der Waals surface area contributed by atoms with E-state index >= 15 is 0 Å². The zero-order valence-corrected chi connectivity index (χ0v) is 35.3. The number of phenols is 2. The molecule has 0 radical (unpaired) electrons. The van der Waals surface area contributed by atoms with E-state index in [1.54, 1.807) is 57.2 Å². The summed E-state index contributed by atoms with van der Waals surface area (Å²) in [4.78, 5) is 84.1. The van der Waals surface area contributed by atoms with E-state index in [0.717, 1.165) is 11.1 Å². The summed E-state index contributed by atoms with van der Waals surface area (Å²) in [5, 5.41) is 25.6. The number of Topliss-reactive ketones (excluding diaryl/α,β-unsaturated/α-hetero) is 4. The molecule has 0 spiro atoms. The molecule has 0 aromatic heterocycles. The average molecular weight is 836 g/mol. The lowest BCUT2D eigenvalue weighted by molar-refractivity contribution is -0.142. The van der Waals surface area contributed by atoms with Gasteiger partial charge in [0.25, 0.3) is 0 Å². The standard InChI is InChI=1S/C48H54ClN3O8/c1-5-40(53)28(2)22-44(57)39-25-30-9-19-41(54)37(24-30)38-26-34(16-20-42(38)55)46(45(58)23-29(3)47(59)51-39)52(4)48(60)35(8-6-7-21-50)27-43(56)33-12-10-31(11-13-33)32-14-17-36(49)18-15-32/h9-20,24,26,28-29,35,39,46,54-55H,5-8,21-23,25,27,50H2,1-4H3,(H,51,59)/t28-,29-,35-,39+,46+/m1/s1. The number of ketones is 4. The zero-order chi connectivity index (χ0) is 43.7. The lowest BCUT2D eigenvalue weighted by Gasteiger charge is -2.32. The second kappa shape index (κ2) is 20.5. The summed E-state index contributed by atoms with van der Waals surface area (Å²) in [6.45, 7) is 5.35. The Kier molecular flexibility index (Phi) is 15.6. The van der Waals surface area contributed by atoms with Crippen LogP contribution in [0.4, 0.5) is 0 Å². The highest BCUT2D eigenvalue weighted by Crippen LogP contribution is 2.40. The Morgan fingerprint density at radius 1 is 0.850 bits per heavy atom. The van der Waals surface area contributed by atoms with Crippen molar-refractivity contribution < 1.29 is 39.0 Å². The maximum atomic E-state index is 14.6. The van der Waals surface area contributed by atoms with Crippen molar-refractivity contribution in [1.82, 2.24) is 10.2 Å². The van der Waals surface area contributed by atoms with Crippen LogP contribution >= 0.6 is 11.6 Å². The second-order valence-electron chi connectivity index (χ2n) is 15.9. The first-order valence-corrected chi connectivity index (χ1v) is 20.9. The number of likely N-dealkylation sites (N-methyl/N-ethyl adjacent to an activating group) is 1. The second-order valence-corrected chi connectivity index (χ2v) is 16.3. The Bertz CT molecular complexity index is 2220. The minimum atomic E-state index is -1.26. The highest BCUT2D eigenvalue weighted by atomic mass is 35.5. The number of hydrogen-bond donors (Lipinski definition) is 4. The van der Waals surface area contributed by atoms with Crippen molar-refractivity contribution in [3.63, 3.8) is 0 Å². The predicted octanol–water partition coefficient (Wildman–Crippen LogP) is 7.81. The molecule has 11 nitrogen and oxygen atoms in total. The fourth-order valence-electron chi connectivity index (χ4n) is 7.79. The lowest BCUT2D eigenvalue weighted by atomic mass is 9.87. The first-order valence-electron chi connectivity index (χ1n) is 20.5. The molecule has 2 amide bonds. The molecule has 4 aromatic carbocycles. The number of fused-ring (bicyclic) bond motifs is 5. The molecule has 0 aliphatic carbocycles. The smallest absolute Gasteiger partial charge is 0.226 e. The van der Waals surface area contributed by atoms with Crippen LogP contribution in [0.5, 0.6) is 11.5 Å². The molecule has 60 heavy (non-hydrogen) atoms.